The van der Waals surface area contributed by atoms with Crippen molar-refractivity contribution in [2.45, 2.75) is 31.6 Å². The van der Waals surface area contributed by atoms with Gasteiger partial charge in [0.05, 0.1) is 11.4 Å². The molecule has 1 N–H and O–H groups in total. The SMILES string of the molecule is CC(Cl)C(=O)Nc1ccccc1N1CCCCC1. The van der Waals surface area contributed by atoms with Crippen molar-refractivity contribution < 1.29 is 4.79 Å². The molecule has 0 bridgehead atoms. The van der Waals surface area contributed by atoms with Crippen LogP contribution in [-0.4, -0.2) is 24.4 Å². The molecule has 1 amide bonds. The summed E-state index contributed by atoms with van der Waals surface area (Å²) in [5, 5.41) is 2.38. The van der Waals surface area contributed by atoms with E-state index in [9.17, 15) is 4.79 Å². The number of halogens is 1. The van der Waals surface area contributed by atoms with Gasteiger partial charge >= 0.3 is 0 Å². The number of carbonyl (C=O) groups is 1. The number of amides is 1. The summed E-state index contributed by atoms with van der Waals surface area (Å²) in [5.41, 5.74) is 1.96. The maximum Gasteiger partial charge on any atom is 0.242 e. The number of alkyl halides is 1. The number of hydrogen-bond acceptors (Lipinski definition) is 2. The molecule has 1 saturated heterocycles. The first-order valence-corrected chi connectivity index (χ1v) is 6.91. The molecule has 0 radical (unpaired) electrons. The van der Waals surface area contributed by atoms with Gasteiger partial charge in [-0.15, -0.1) is 11.6 Å². The van der Waals surface area contributed by atoms with Crippen molar-refractivity contribution in [2.75, 3.05) is 23.3 Å². The van der Waals surface area contributed by atoms with E-state index >= 15 is 0 Å². The van der Waals surface area contributed by atoms with Crippen molar-refractivity contribution in [3.05, 3.63) is 24.3 Å². The van der Waals surface area contributed by atoms with Gasteiger partial charge < -0.3 is 10.2 Å². The lowest BCUT2D eigenvalue weighted by Crippen LogP contribution is -2.31. The molecule has 98 valence electrons. The summed E-state index contributed by atoms with van der Waals surface area (Å²) < 4.78 is 0. The summed E-state index contributed by atoms with van der Waals surface area (Å²) in [7, 11) is 0. The third-order valence-corrected chi connectivity index (χ3v) is 3.42. The van der Waals surface area contributed by atoms with E-state index in [0.717, 1.165) is 24.5 Å². The highest BCUT2D eigenvalue weighted by atomic mass is 35.5. The fourth-order valence-electron chi connectivity index (χ4n) is 2.22. The second-order valence-electron chi connectivity index (χ2n) is 4.67. The first-order valence-electron chi connectivity index (χ1n) is 6.47. The van der Waals surface area contributed by atoms with E-state index in [-0.39, 0.29) is 5.91 Å². The summed E-state index contributed by atoms with van der Waals surface area (Å²) in [6.07, 6.45) is 3.73. The molecule has 2 rings (SSSR count). The molecule has 1 aliphatic heterocycles. The van der Waals surface area contributed by atoms with Gasteiger partial charge in [-0.3, -0.25) is 4.79 Å². The van der Waals surface area contributed by atoms with Crippen LogP contribution in [0.3, 0.4) is 0 Å². The number of piperidine rings is 1. The van der Waals surface area contributed by atoms with E-state index in [1.165, 1.54) is 19.3 Å². The molecule has 4 heteroatoms. The molecule has 1 atom stereocenters. The Bertz CT molecular complexity index is 414. The molecule has 0 spiro atoms. The van der Waals surface area contributed by atoms with Crippen LogP contribution in [-0.2, 0) is 4.79 Å². The van der Waals surface area contributed by atoms with E-state index < -0.39 is 5.38 Å². The fraction of sp³-hybridized carbons (Fsp3) is 0.500. The van der Waals surface area contributed by atoms with Crippen molar-refractivity contribution >= 4 is 28.9 Å². The summed E-state index contributed by atoms with van der Waals surface area (Å²) >= 11 is 5.79. The van der Waals surface area contributed by atoms with E-state index in [4.69, 9.17) is 11.6 Å². The molecule has 1 aliphatic rings. The first kappa shape index (κ1) is 13.2. The number of carbonyl (C=O) groups excluding carboxylic acids is 1. The van der Waals surface area contributed by atoms with Gasteiger partial charge in [0, 0.05) is 13.1 Å². The number of anilines is 2. The predicted molar refractivity (Wildman–Crippen MR) is 76.5 cm³/mol. The third-order valence-electron chi connectivity index (χ3n) is 3.22. The van der Waals surface area contributed by atoms with Crippen LogP contribution in [0.1, 0.15) is 26.2 Å². The molecule has 0 aromatic heterocycles. The van der Waals surface area contributed by atoms with Crippen LogP contribution in [0.4, 0.5) is 11.4 Å². The van der Waals surface area contributed by atoms with Crippen molar-refractivity contribution in [1.29, 1.82) is 0 Å². The highest BCUT2D eigenvalue weighted by molar-refractivity contribution is 6.32. The van der Waals surface area contributed by atoms with Crippen LogP contribution < -0.4 is 10.2 Å². The monoisotopic (exact) mass is 266 g/mol. The van der Waals surface area contributed by atoms with Gasteiger partial charge in [-0.1, -0.05) is 12.1 Å². The average molecular weight is 267 g/mol. The Hall–Kier alpha value is -1.22. The number of nitrogens with one attached hydrogen (secondary N) is 1. The number of nitrogens with zero attached hydrogens (tertiary/aromatic N) is 1. The smallest absolute Gasteiger partial charge is 0.242 e. The normalized spacial score (nSPS) is 17.3. The van der Waals surface area contributed by atoms with Gasteiger partial charge in [0.1, 0.15) is 5.38 Å². The highest BCUT2D eigenvalue weighted by Crippen LogP contribution is 2.28. The summed E-state index contributed by atoms with van der Waals surface area (Å²) in [6, 6.07) is 7.92. The van der Waals surface area contributed by atoms with E-state index in [1.807, 2.05) is 18.2 Å². The lowest BCUT2D eigenvalue weighted by atomic mass is 10.1. The predicted octanol–water partition coefficient (Wildman–Crippen LogP) is 3.24. The van der Waals surface area contributed by atoms with Crippen LogP contribution in [0, 0.1) is 0 Å². The van der Waals surface area contributed by atoms with Crippen molar-refractivity contribution in [1.82, 2.24) is 0 Å². The molecule has 1 aromatic carbocycles. The molecule has 1 heterocycles. The number of hydrogen-bond donors (Lipinski definition) is 1. The van der Waals surface area contributed by atoms with Gasteiger partial charge in [-0.25, -0.2) is 0 Å². The zero-order valence-corrected chi connectivity index (χ0v) is 11.4. The standard InChI is InChI=1S/C14H19ClN2O/c1-11(15)14(18)16-12-7-3-4-8-13(12)17-9-5-2-6-10-17/h3-4,7-8,11H,2,5-6,9-10H2,1H3,(H,16,18). The quantitative estimate of drug-likeness (QED) is 0.852. The third kappa shape index (κ3) is 3.16. The number of para-hydroxylation sites is 2. The lowest BCUT2D eigenvalue weighted by molar-refractivity contribution is -0.115. The Labute approximate surface area is 113 Å². The Kier molecular flexibility index (Phi) is 4.48. The minimum atomic E-state index is -0.514. The Morgan fingerprint density at radius 3 is 2.61 bits per heavy atom. The van der Waals surface area contributed by atoms with Gasteiger partial charge in [-0.2, -0.15) is 0 Å². The largest absolute Gasteiger partial charge is 0.370 e. The van der Waals surface area contributed by atoms with Crippen molar-refractivity contribution in [2.24, 2.45) is 0 Å². The second kappa shape index (κ2) is 6.10. The van der Waals surface area contributed by atoms with Crippen LogP contribution >= 0.6 is 11.6 Å². The van der Waals surface area contributed by atoms with Crippen LogP contribution in [0.15, 0.2) is 24.3 Å². The summed E-state index contributed by atoms with van der Waals surface area (Å²) in [4.78, 5) is 14.0. The van der Waals surface area contributed by atoms with E-state index in [0.29, 0.717) is 0 Å². The van der Waals surface area contributed by atoms with Gasteiger partial charge in [0.25, 0.3) is 0 Å². The van der Waals surface area contributed by atoms with Crippen LogP contribution in [0.5, 0.6) is 0 Å². The fourth-order valence-corrected chi connectivity index (χ4v) is 2.28. The minimum Gasteiger partial charge on any atom is -0.370 e. The summed E-state index contributed by atoms with van der Waals surface area (Å²) in [5.74, 6) is -0.152. The zero-order valence-electron chi connectivity index (χ0n) is 10.7. The molecule has 3 nitrogen and oxygen atoms in total. The maximum absolute atomic E-state index is 11.7. The van der Waals surface area contributed by atoms with Gasteiger partial charge in [0.2, 0.25) is 5.91 Å². The summed E-state index contributed by atoms with van der Waals surface area (Å²) in [6.45, 7) is 3.80. The number of benzene rings is 1. The highest BCUT2D eigenvalue weighted by Gasteiger charge is 2.16. The van der Waals surface area contributed by atoms with Crippen molar-refractivity contribution in [3.8, 4) is 0 Å². The zero-order chi connectivity index (χ0) is 13.0. The van der Waals surface area contributed by atoms with Crippen molar-refractivity contribution in [3.63, 3.8) is 0 Å². The molecule has 0 aliphatic carbocycles. The molecule has 1 fully saturated rings. The number of rotatable bonds is 3. The van der Waals surface area contributed by atoms with Gasteiger partial charge in [-0.05, 0) is 38.3 Å². The Morgan fingerprint density at radius 1 is 1.28 bits per heavy atom. The average Bonchev–Trinajstić information content (AvgIpc) is 2.40. The van der Waals surface area contributed by atoms with E-state index in [2.05, 4.69) is 16.3 Å². The molecular weight excluding hydrogens is 248 g/mol. The molecule has 1 aromatic rings. The lowest BCUT2D eigenvalue weighted by Gasteiger charge is -2.30. The minimum absolute atomic E-state index is 0.152. The molecular formula is C14H19ClN2O. The second-order valence-corrected chi connectivity index (χ2v) is 5.32. The molecule has 18 heavy (non-hydrogen) atoms. The van der Waals surface area contributed by atoms with E-state index in [1.54, 1.807) is 6.92 Å². The first-order chi connectivity index (χ1) is 8.68. The topological polar surface area (TPSA) is 32.3 Å². The molecule has 1 unspecified atom stereocenters. The Balaban J connectivity index is 2.16. The van der Waals surface area contributed by atoms with Gasteiger partial charge in [0.15, 0.2) is 0 Å². The van der Waals surface area contributed by atoms with Crippen LogP contribution in [0.25, 0.3) is 0 Å². The molecule has 0 saturated carbocycles. The maximum atomic E-state index is 11.7. The Morgan fingerprint density at radius 2 is 1.94 bits per heavy atom. The van der Waals surface area contributed by atoms with Crippen LogP contribution in [0.2, 0.25) is 0 Å².